The van der Waals surface area contributed by atoms with Gasteiger partial charge in [0.2, 0.25) is 0 Å². The number of aliphatic hydroxyl groups is 1. The molecule has 3 rings (SSSR count). The van der Waals surface area contributed by atoms with Crippen LogP contribution in [0.4, 0.5) is 0 Å². The molecule has 2 N–H and O–H groups in total. The zero-order valence-electron chi connectivity index (χ0n) is 21.6. The van der Waals surface area contributed by atoms with E-state index in [0.717, 1.165) is 6.08 Å². The highest BCUT2D eigenvalue weighted by Crippen LogP contribution is 2.40. The molecular formula is C29H28O9. The number of aliphatic hydroxyl groups excluding tert-OH is 1. The molecule has 3 aromatic rings. The molecule has 0 aliphatic heterocycles. The third-order valence-electron chi connectivity index (χ3n) is 5.65. The number of rotatable bonds is 11. The van der Waals surface area contributed by atoms with Crippen molar-refractivity contribution < 1.29 is 43.5 Å². The number of hydrogen-bond acceptors (Lipinski definition) is 9. The first-order valence-corrected chi connectivity index (χ1v) is 11.3. The molecule has 9 heteroatoms. The van der Waals surface area contributed by atoms with Crippen LogP contribution in [0.15, 0.2) is 60.7 Å². The third kappa shape index (κ3) is 5.73. The molecule has 0 aliphatic carbocycles. The molecule has 0 aliphatic rings. The minimum absolute atomic E-state index is 0.0181. The second kappa shape index (κ2) is 12.4. The molecule has 38 heavy (non-hydrogen) atoms. The molecule has 0 spiro atoms. The lowest BCUT2D eigenvalue weighted by Gasteiger charge is -2.15. The normalized spacial score (nSPS) is 11.2. The van der Waals surface area contributed by atoms with Crippen LogP contribution >= 0.6 is 0 Å². The fraction of sp³-hybridized carbons (Fsp3) is 0.172. The number of allylic oxidation sites excluding steroid dienone is 2. The number of carbonyl (C=O) groups excluding carboxylic acids is 2. The van der Waals surface area contributed by atoms with Crippen LogP contribution < -0.4 is 23.7 Å². The molecule has 0 bridgehead atoms. The quantitative estimate of drug-likeness (QED) is 0.202. The molecule has 198 valence electrons. The predicted molar refractivity (Wildman–Crippen MR) is 142 cm³/mol. The summed E-state index contributed by atoms with van der Waals surface area (Å²) < 4.78 is 26.6. The Kier molecular flexibility index (Phi) is 8.99. The molecular weight excluding hydrogens is 492 g/mol. The number of aromatic hydroxyl groups is 1. The van der Waals surface area contributed by atoms with E-state index < -0.39 is 17.3 Å². The Labute approximate surface area is 220 Å². The molecule has 0 atom stereocenters. The molecule has 3 aromatic carbocycles. The summed E-state index contributed by atoms with van der Waals surface area (Å²) >= 11 is 0. The average Bonchev–Trinajstić information content (AvgIpc) is 2.94. The summed E-state index contributed by atoms with van der Waals surface area (Å²) in [5.41, 5.74) is 0.261. The average molecular weight is 521 g/mol. The van der Waals surface area contributed by atoms with E-state index >= 15 is 0 Å². The highest BCUT2D eigenvalue weighted by atomic mass is 16.5. The third-order valence-corrected chi connectivity index (χ3v) is 5.65. The number of ether oxygens (including phenoxy) is 5. The van der Waals surface area contributed by atoms with Crippen molar-refractivity contribution >= 4 is 23.4 Å². The number of hydrogen-bond donors (Lipinski definition) is 2. The van der Waals surface area contributed by atoms with Gasteiger partial charge in [-0.15, -0.1) is 0 Å². The highest BCUT2D eigenvalue weighted by molar-refractivity contribution is 6.17. The SMILES string of the molecule is COc1cc(OC)c(/C=C/C(=O)c2c(OC)cc(OC)c(C(=O)/C=C(\O)c3ccccc3)c2O)c(OC)c1. The van der Waals surface area contributed by atoms with Gasteiger partial charge in [-0.25, -0.2) is 0 Å². The van der Waals surface area contributed by atoms with Gasteiger partial charge in [0.25, 0.3) is 0 Å². The maximum absolute atomic E-state index is 13.3. The van der Waals surface area contributed by atoms with E-state index in [0.29, 0.717) is 28.4 Å². The summed E-state index contributed by atoms with van der Waals surface area (Å²) in [6.45, 7) is 0. The van der Waals surface area contributed by atoms with Crippen LogP contribution in [0.3, 0.4) is 0 Å². The fourth-order valence-electron chi connectivity index (χ4n) is 3.75. The Balaban J connectivity index is 2.10. The van der Waals surface area contributed by atoms with E-state index in [1.165, 1.54) is 53.8 Å². The van der Waals surface area contributed by atoms with E-state index in [1.807, 2.05) is 0 Å². The Morgan fingerprint density at radius 3 is 1.74 bits per heavy atom. The maximum Gasteiger partial charge on any atom is 0.197 e. The number of carbonyl (C=O) groups is 2. The van der Waals surface area contributed by atoms with Crippen molar-refractivity contribution in [3.63, 3.8) is 0 Å². The van der Waals surface area contributed by atoms with Gasteiger partial charge in [-0.05, 0) is 12.2 Å². The molecule has 0 radical (unpaired) electrons. The van der Waals surface area contributed by atoms with Gasteiger partial charge in [0, 0.05) is 29.8 Å². The smallest absolute Gasteiger partial charge is 0.197 e. The largest absolute Gasteiger partial charge is 0.507 e. The van der Waals surface area contributed by atoms with Gasteiger partial charge >= 0.3 is 0 Å². The summed E-state index contributed by atoms with van der Waals surface area (Å²) in [5, 5.41) is 21.5. The van der Waals surface area contributed by atoms with Gasteiger partial charge in [0.05, 0.1) is 41.1 Å². The van der Waals surface area contributed by atoms with Gasteiger partial charge in [-0.1, -0.05) is 30.3 Å². The highest BCUT2D eigenvalue weighted by Gasteiger charge is 2.27. The Hall–Kier alpha value is -4.92. The van der Waals surface area contributed by atoms with Crippen molar-refractivity contribution in [2.45, 2.75) is 0 Å². The van der Waals surface area contributed by atoms with Gasteiger partial charge < -0.3 is 33.9 Å². The van der Waals surface area contributed by atoms with E-state index in [1.54, 1.807) is 42.5 Å². The fourth-order valence-corrected chi connectivity index (χ4v) is 3.75. The molecule has 0 heterocycles. The Morgan fingerprint density at radius 2 is 1.24 bits per heavy atom. The van der Waals surface area contributed by atoms with Crippen molar-refractivity contribution in [1.29, 1.82) is 0 Å². The zero-order valence-corrected chi connectivity index (χ0v) is 21.6. The lowest BCUT2D eigenvalue weighted by atomic mass is 9.98. The minimum atomic E-state index is -0.778. The molecule has 9 nitrogen and oxygen atoms in total. The van der Waals surface area contributed by atoms with Crippen LogP contribution in [-0.2, 0) is 0 Å². The van der Waals surface area contributed by atoms with Crippen molar-refractivity contribution in [3.8, 4) is 34.5 Å². The molecule has 0 saturated carbocycles. The van der Waals surface area contributed by atoms with Gasteiger partial charge in [-0.2, -0.15) is 0 Å². The maximum atomic E-state index is 13.3. The molecule has 0 aromatic heterocycles. The molecule has 0 unspecified atom stereocenters. The summed E-state index contributed by atoms with van der Waals surface area (Å²) in [5.74, 6) is -1.23. The Morgan fingerprint density at radius 1 is 0.711 bits per heavy atom. The van der Waals surface area contributed by atoms with E-state index in [2.05, 4.69) is 0 Å². The summed E-state index contributed by atoms with van der Waals surface area (Å²) in [6, 6.07) is 13.0. The van der Waals surface area contributed by atoms with Gasteiger partial charge in [-0.3, -0.25) is 9.59 Å². The van der Waals surface area contributed by atoms with Crippen LogP contribution in [0.2, 0.25) is 0 Å². The topological polar surface area (TPSA) is 121 Å². The van der Waals surface area contributed by atoms with Crippen molar-refractivity contribution in [3.05, 3.63) is 82.9 Å². The monoisotopic (exact) mass is 520 g/mol. The van der Waals surface area contributed by atoms with Gasteiger partial charge in [0.1, 0.15) is 51.4 Å². The van der Waals surface area contributed by atoms with E-state index in [-0.39, 0.29) is 28.4 Å². The van der Waals surface area contributed by atoms with Crippen LogP contribution in [0.1, 0.15) is 31.8 Å². The van der Waals surface area contributed by atoms with E-state index in [4.69, 9.17) is 23.7 Å². The Bertz CT molecular complexity index is 1360. The minimum Gasteiger partial charge on any atom is -0.507 e. The first-order chi connectivity index (χ1) is 18.3. The predicted octanol–water partition coefficient (Wildman–Crippen LogP) is 5.11. The van der Waals surface area contributed by atoms with Crippen molar-refractivity contribution in [2.24, 2.45) is 0 Å². The van der Waals surface area contributed by atoms with Crippen LogP contribution in [0, 0.1) is 0 Å². The first-order valence-electron chi connectivity index (χ1n) is 11.3. The van der Waals surface area contributed by atoms with Crippen LogP contribution in [0.25, 0.3) is 11.8 Å². The van der Waals surface area contributed by atoms with Gasteiger partial charge in [0.15, 0.2) is 11.6 Å². The van der Waals surface area contributed by atoms with Crippen molar-refractivity contribution in [1.82, 2.24) is 0 Å². The molecule has 0 saturated heterocycles. The van der Waals surface area contributed by atoms with Crippen LogP contribution in [0.5, 0.6) is 34.5 Å². The number of phenols is 1. The second-order valence-corrected chi connectivity index (χ2v) is 7.78. The summed E-state index contributed by atoms with van der Waals surface area (Å²) in [7, 11) is 7.03. The first kappa shape index (κ1) is 27.7. The summed E-state index contributed by atoms with van der Waals surface area (Å²) in [4.78, 5) is 26.4. The lowest BCUT2D eigenvalue weighted by molar-refractivity contribution is 0.103. The second-order valence-electron chi connectivity index (χ2n) is 7.78. The number of methoxy groups -OCH3 is 5. The summed E-state index contributed by atoms with van der Waals surface area (Å²) in [6.07, 6.45) is 3.57. The van der Waals surface area contributed by atoms with E-state index in [9.17, 15) is 19.8 Å². The number of phenolic OH excluding ortho intramolecular Hbond substituents is 1. The number of ketones is 2. The lowest BCUT2D eigenvalue weighted by Crippen LogP contribution is -2.07. The molecule has 0 amide bonds. The zero-order chi connectivity index (χ0) is 27.8. The standard InChI is InChI=1S/C29H28O9/c1-34-18-13-23(35-2)19(24(14-18)36-3)11-12-20(30)27-25(37-4)16-26(38-5)28(29(27)33)22(32)15-21(31)17-9-7-6-8-10-17/h6-16,31,33H,1-5H3/b12-11+,21-15-. The molecule has 0 fully saturated rings. The van der Waals surface area contributed by atoms with Crippen LogP contribution in [-0.4, -0.2) is 57.3 Å². The van der Waals surface area contributed by atoms with Crippen molar-refractivity contribution in [2.75, 3.05) is 35.5 Å². The number of benzene rings is 3.